The van der Waals surface area contributed by atoms with E-state index in [-0.39, 0.29) is 13.0 Å². The summed E-state index contributed by atoms with van der Waals surface area (Å²) in [7, 11) is 0. The van der Waals surface area contributed by atoms with Crippen molar-refractivity contribution in [1.29, 1.82) is 0 Å². The van der Waals surface area contributed by atoms with E-state index >= 15 is 0 Å². The van der Waals surface area contributed by atoms with Gasteiger partial charge in [-0.25, -0.2) is 9.59 Å². The Morgan fingerprint density at radius 1 is 1.29 bits per heavy atom. The molecule has 0 aliphatic carbocycles. The summed E-state index contributed by atoms with van der Waals surface area (Å²) in [5.41, 5.74) is -0.881. The van der Waals surface area contributed by atoms with E-state index in [2.05, 4.69) is 4.74 Å². The summed E-state index contributed by atoms with van der Waals surface area (Å²) in [4.78, 5) is 24.4. The van der Waals surface area contributed by atoms with Crippen molar-refractivity contribution < 1.29 is 32.2 Å². The Hall–Kier alpha value is -1.18. The van der Waals surface area contributed by atoms with E-state index in [1.54, 1.807) is 20.8 Å². The Bertz CT molecular complexity index is 408. The largest absolute Gasteiger partial charge is 0.448 e. The molecule has 0 spiro atoms. The summed E-state index contributed by atoms with van der Waals surface area (Å²) in [6.45, 7) is 4.50. The molecule has 0 saturated carbocycles. The highest BCUT2D eigenvalue weighted by Crippen LogP contribution is 2.39. The molecule has 5 nitrogen and oxygen atoms in total. The summed E-state index contributed by atoms with van der Waals surface area (Å²) in [5.74, 6) is -3.17. The molecule has 0 aromatic rings. The second kappa shape index (κ2) is 6.29. The lowest BCUT2D eigenvalue weighted by Gasteiger charge is -2.29. The van der Waals surface area contributed by atoms with E-state index < -0.39 is 41.9 Å². The molecule has 1 aliphatic heterocycles. The normalized spacial score (nSPS) is 23.1. The Kier molecular flexibility index (Phi) is 5.35. The van der Waals surface area contributed by atoms with Gasteiger partial charge in [0.05, 0.1) is 5.92 Å². The zero-order valence-electron chi connectivity index (χ0n) is 11.9. The van der Waals surface area contributed by atoms with E-state index in [1.807, 2.05) is 0 Å². The van der Waals surface area contributed by atoms with Crippen LogP contribution in [0.4, 0.5) is 18.0 Å². The SMILES string of the molecule is CC(C)(C)OC(=O)N1CCC(C(F)(F)F)C1C(=O)OCCl. The maximum Gasteiger partial charge on any atom is 0.411 e. The van der Waals surface area contributed by atoms with Crippen LogP contribution in [0.25, 0.3) is 0 Å². The van der Waals surface area contributed by atoms with Gasteiger partial charge < -0.3 is 9.47 Å². The molecule has 1 aliphatic rings. The molecule has 1 saturated heterocycles. The van der Waals surface area contributed by atoms with Crippen LogP contribution in [-0.4, -0.2) is 47.4 Å². The van der Waals surface area contributed by atoms with Crippen LogP contribution >= 0.6 is 11.6 Å². The van der Waals surface area contributed by atoms with Gasteiger partial charge in [-0.15, -0.1) is 0 Å². The van der Waals surface area contributed by atoms with Crippen molar-refractivity contribution in [3.05, 3.63) is 0 Å². The number of alkyl halides is 4. The van der Waals surface area contributed by atoms with Gasteiger partial charge in [-0.3, -0.25) is 4.90 Å². The van der Waals surface area contributed by atoms with Crippen LogP contribution in [0.15, 0.2) is 0 Å². The van der Waals surface area contributed by atoms with E-state index in [0.717, 1.165) is 4.90 Å². The first-order valence-electron chi connectivity index (χ1n) is 6.26. The van der Waals surface area contributed by atoms with Gasteiger partial charge in [-0.2, -0.15) is 13.2 Å². The smallest absolute Gasteiger partial charge is 0.411 e. The molecule has 1 rings (SSSR count). The van der Waals surface area contributed by atoms with Crippen molar-refractivity contribution in [1.82, 2.24) is 4.90 Å². The number of hydrogen-bond acceptors (Lipinski definition) is 4. The van der Waals surface area contributed by atoms with Crippen molar-refractivity contribution in [2.75, 3.05) is 12.6 Å². The maximum absolute atomic E-state index is 13.0. The molecule has 2 unspecified atom stereocenters. The highest BCUT2D eigenvalue weighted by molar-refractivity contribution is 6.17. The number of hydrogen-bond donors (Lipinski definition) is 0. The molecule has 0 radical (unpaired) electrons. The number of carbonyl (C=O) groups excluding carboxylic acids is 2. The van der Waals surface area contributed by atoms with Crippen LogP contribution in [0.5, 0.6) is 0 Å². The minimum Gasteiger partial charge on any atom is -0.448 e. The van der Waals surface area contributed by atoms with Gasteiger partial charge >= 0.3 is 18.2 Å². The standard InChI is InChI=1S/C12H17ClF3NO4/c1-11(2,3)21-10(19)17-5-4-7(12(14,15)16)8(17)9(18)20-6-13/h7-8H,4-6H2,1-3H3. The quantitative estimate of drug-likeness (QED) is 0.576. The zero-order valence-corrected chi connectivity index (χ0v) is 12.6. The van der Waals surface area contributed by atoms with E-state index in [1.165, 1.54) is 0 Å². The second-order valence-electron chi connectivity index (χ2n) is 5.63. The fourth-order valence-corrected chi connectivity index (χ4v) is 2.20. The second-order valence-corrected chi connectivity index (χ2v) is 5.85. The first kappa shape index (κ1) is 17.9. The van der Waals surface area contributed by atoms with Gasteiger partial charge in [0.15, 0.2) is 6.07 Å². The van der Waals surface area contributed by atoms with Crippen molar-refractivity contribution in [3.63, 3.8) is 0 Å². The molecule has 1 amide bonds. The molecule has 1 heterocycles. The van der Waals surface area contributed by atoms with Gasteiger partial charge in [0, 0.05) is 6.54 Å². The monoisotopic (exact) mass is 331 g/mol. The molecule has 0 aromatic heterocycles. The summed E-state index contributed by atoms with van der Waals surface area (Å²) >= 11 is 5.21. The highest BCUT2D eigenvalue weighted by Gasteiger charge is 2.55. The van der Waals surface area contributed by atoms with E-state index in [0.29, 0.717) is 0 Å². The Morgan fingerprint density at radius 3 is 2.29 bits per heavy atom. The Balaban J connectivity index is 2.98. The highest BCUT2D eigenvalue weighted by atomic mass is 35.5. The molecule has 2 atom stereocenters. The number of ether oxygens (including phenoxy) is 2. The summed E-state index contributed by atoms with van der Waals surface area (Å²) < 4.78 is 48.4. The number of carbonyl (C=O) groups is 2. The zero-order chi connectivity index (χ0) is 16.4. The topological polar surface area (TPSA) is 55.8 Å². The molecule has 0 bridgehead atoms. The van der Waals surface area contributed by atoms with Gasteiger partial charge in [0.1, 0.15) is 11.6 Å². The summed E-state index contributed by atoms with van der Waals surface area (Å²) in [6.07, 6.45) is -5.98. The summed E-state index contributed by atoms with van der Waals surface area (Å²) in [5, 5.41) is 0. The van der Waals surface area contributed by atoms with Crippen LogP contribution in [-0.2, 0) is 14.3 Å². The van der Waals surface area contributed by atoms with Crippen LogP contribution in [0.1, 0.15) is 27.2 Å². The molecule has 21 heavy (non-hydrogen) atoms. The number of halogens is 4. The van der Waals surface area contributed by atoms with Crippen molar-refractivity contribution >= 4 is 23.7 Å². The Labute approximate surface area is 125 Å². The van der Waals surface area contributed by atoms with E-state index in [9.17, 15) is 22.8 Å². The van der Waals surface area contributed by atoms with Crippen LogP contribution in [0.3, 0.4) is 0 Å². The third kappa shape index (κ3) is 4.66. The minimum atomic E-state index is -4.62. The first-order chi connectivity index (χ1) is 9.47. The molecule has 9 heteroatoms. The van der Waals surface area contributed by atoms with E-state index in [4.69, 9.17) is 16.3 Å². The number of rotatable bonds is 2. The fourth-order valence-electron chi connectivity index (χ4n) is 2.09. The lowest BCUT2D eigenvalue weighted by molar-refractivity contribution is -0.189. The molecular formula is C12H17ClF3NO4. The van der Waals surface area contributed by atoms with Crippen LogP contribution in [0.2, 0.25) is 0 Å². The lowest BCUT2D eigenvalue weighted by atomic mass is 10.00. The molecule has 122 valence electrons. The predicted molar refractivity (Wildman–Crippen MR) is 67.7 cm³/mol. The maximum atomic E-state index is 13.0. The van der Waals surface area contributed by atoms with Gasteiger partial charge in [-0.05, 0) is 27.2 Å². The number of esters is 1. The minimum absolute atomic E-state index is 0.235. The summed E-state index contributed by atoms with van der Waals surface area (Å²) in [6, 6.07) is -2.35. The molecule has 0 aromatic carbocycles. The van der Waals surface area contributed by atoms with Crippen molar-refractivity contribution in [3.8, 4) is 0 Å². The Morgan fingerprint density at radius 2 is 1.86 bits per heavy atom. The van der Waals surface area contributed by atoms with Gasteiger partial charge in [0.25, 0.3) is 0 Å². The van der Waals surface area contributed by atoms with Crippen LogP contribution < -0.4 is 0 Å². The lowest BCUT2D eigenvalue weighted by Crippen LogP contribution is -2.48. The predicted octanol–water partition coefficient (Wildman–Crippen LogP) is 2.91. The average molecular weight is 332 g/mol. The number of amides is 1. The van der Waals surface area contributed by atoms with Crippen molar-refractivity contribution in [2.45, 2.75) is 45.0 Å². The number of nitrogens with zero attached hydrogens (tertiary/aromatic N) is 1. The van der Waals surface area contributed by atoms with Gasteiger partial charge in [0.2, 0.25) is 0 Å². The third-order valence-corrected chi connectivity index (χ3v) is 2.99. The third-order valence-electron chi connectivity index (χ3n) is 2.88. The van der Waals surface area contributed by atoms with Crippen molar-refractivity contribution in [2.24, 2.45) is 5.92 Å². The molecule has 1 fully saturated rings. The first-order valence-corrected chi connectivity index (χ1v) is 6.79. The number of likely N-dealkylation sites (tertiary alicyclic amines) is 1. The van der Waals surface area contributed by atoms with Gasteiger partial charge in [-0.1, -0.05) is 11.6 Å². The van der Waals surface area contributed by atoms with Crippen LogP contribution in [0, 0.1) is 5.92 Å². The molecular weight excluding hydrogens is 315 g/mol. The average Bonchev–Trinajstić information content (AvgIpc) is 2.70. The fraction of sp³-hybridized carbons (Fsp3) is 0.833. The molecule has 0 N–H and O–H groups in total.